The number of rotatable bonds is 9. The number of carbonyl (C=O) groups excluding carboxylic acids is 2. The Morgan fingerprint density at radius 1 is 0.654 bits per heavy atom. The molecule has 0 saturated heterocycles. The summed E-state index contributed by atoms with van der Waals surface area (Å²) in [6.45, 7) is 4.09. The van der Waals surface area contributed by atoms with Crippen LogP contribution in [0.5, 0.6) is 0 Å². The summed E-state index contributed by atoms with van der Waals surface area (Å²) in [5.41, 5.74) is 2.43. The average molecular weight is 423 g/mol. The topological polar surface area (TPSA) is 34.1 Å². The molecule has 2 aromatic carbocycles. The van der Waals surface area contributed by atoms with Gasteiger partial charge in [0.2, 0.25) is 0 Å². The normalized spacial score (nSPS) is 10.7. The van der Waals surface area contributed by atoms with Crippen LogP contribution in [0.15, 0.2) is 58.3 Å². The maximum Gasteiger partial charge on any atom is 0.199 e. The standard InChI is InChI=1S/C20H22O2S4/c1-15-7-11-17(12-8-15)23-25-19(21)5-3-4-6-20(22)26-24-18-13-9-16(2)10-14-18/h7-14H,3-6H2,1-2H3. The molecule has 0 N–H and O–H groups in total. The summed E-state index contributed by atoms with van der Waals surface area (Å²) in [5.74, 6) is 0. The van der Waals surface area contributed by atoms with Crippen molar-refractivity contribution in [3.63, 3.8) is 0 Å². The minimum Gasteiger partial charge on any atom is -0.286 e. The summed E-state index contributed by atoms with van der Waals surface area (Å²) in [7, 11) is 5.57. The lowest BCUT2D eigenvalue weighted by atomic mass is 10.2. The molecule has 0 aromatic heterocycles. The smallest absolute Gasteiger partial charge is 0.199 e. The molecule has 0 radical (unpaired) electrons. The predicted octanol–water partition coefficient (Wildman–Crippen LogP) is 7.10. The zero-order valence-corrected chi connectivity index (χ0v) is 18.2. The molecule has 0 bridgehead atoms. The zero-order chi connectivity index (χ0) is 18.8. The van der Waals surface area contributed by atoms with E-state index in [0.717, 1.165) is 22.6 Å². The number of carbonyl (C=O) groups is 2. The molecule has 0 unspecified atom stereocenters. The number of hydrogen-bond donors (Lipinski definition) is 0. The lowest BCUT2D eigenvalue weighted by molar-refractivity contribution is -0.112. The minimum absolute atomic E-state index is 0.171. The van der Waals surface area contributed by atoms with E-state index in [1.54, 1.807) is 0 Å². The van der Waals surface area contributed by atoms with Gasteiger partial charge in [0, 0.05) is 22.6 Å². The second-order valence-electron chi connectivity index (χ2n) is 5.91. The van der Waals surface area contributed by atoms with Crippen molar-refractivity contribution in [2.24, 2.45) is 0 Å². The third-order valence-electron chi connectivity index (χ3n) is 3.52. The van der Waals surface area contributed by atoms with Crippen LogP contribution < -0.4 is 0 Å². The second-order valence-corrected chi connectivity index (χ2v) is 10.4. The van der Waals surface area contributed by atoms with Crippen molar-refractivity contribution in [2.75, 3.05) is 0 Å². The Morgan fingerprint density at radius 3 is 1.35 bits per heavy atom. The maximum absolute atomic E-state index is 11.9. The molecular weight excluding hydrogens is 400 g/mol. The molecule has 0 amide bonds. The lowest BCUT2D eigenvalue weighted by Gasteiger charge is -2.02. The number of aryl methyl sites for hydroxylation is 2. The van der Waals surface area contributed by atoms with E-state index in [9.17, 15) is 9.59 Å². The molecule has 0 aliphatic rings. The van der Waals surface area contributed by atoms with Crippen molar-refractivity contribution in [3.05, 3.63) is 59.7 Å². The van der Waals surface area contributed by atoms with Gasteiger partial charge in [-0.3, -0.25) is 9.59 Å². The Morgan fingerprint density at radius 2 is 1.00 bits per heavy atom. The monoisotopic (exact) mass is 422 g/mol. The van der Waals surface area contributed by atoms with Gasteiger partial charge in [0.25, 0.3) is 0 Å². The molecule has 0 spiro atoms. The zero-order valence-electron chi connectivity index (χ0n) is 14.9. The van der Waals surface area contributed by atoms with Crippen LogP contribution in [0.4, 0.5) is 0 Å². The highest BCUT2D eigenvalue weighted by atomic mass is 33.1. The van der Waals surface area contributed by atoms with Crippen molar-refractivity contribution in [2.45, 2.75) is 49.3 Å². The average Bonchev–Trinajstić information content (AvgIpc) is 2.64. The summed E-state index contributed by atoms with van der Waals surface area (Å²) in [5, 5.41) is 0.342. The van der Waals surface area contributed by atoms with Crippen LogP contribution in [0.1, 0.15) is 36.8 Å². The summed E-state index contributed by atoms with van der Waals surface area (Å²) < 4.78 is 0. The van der Waals surface area contributed by atoms with Gasteiger partial charge in [-0.05, 0) is 94.1 Å². The van der Waals surface area contributed by atoms with Crippen LogP contribution in [-0.4, -0.2) is 10.2 Å². The first-order valence-electron chi connectivity index (χ1n) is 8.41. The Labute approximate surface area is 171 Å². The highest BCUT2D eigenvalue weighted by Crippen LogP contribution is 2.34. The van der Waals surface area contributed by atoms with Crippen molar-refractivity contribution < 1.29 is 9.59 Å². The van der Waals surface area contributed by atoms with Gasteiger partial charge in [0.05, 0.1) is 0 Å². The first-order valence-corrected chi connectivity index (χ1v) is 12.7. The van der Waals surface area contributed by atoms with Gasteiger partial charge >= 0.3 is 0 Å². The van der Waals surface area contributed by atoms with Gasteiger partial charge in [0.1, 0.15) is 0 Å². The van der Waals surface area contributed by atoms with Gasteiger partial charge in [-0.2, -0.15) is 0 Å². The molecule has 0 saturated carbocycles. The van der Waals surface area contributed by atoms with Crippen LogP contribution in [0.25, 0.3) is 0 Å². The fourth-order valence-electron chi connectivity index (χ4n) is 2.00. The van der Waals surface area contributed by atoms with Gasteiger partial charge in [-0.15, -0.1) is 0 Å². The van der Waals surface area contributed by atoms with Crippen molar-refractivity contribution in [3.8, 4) is 0 Å². The van der Waals surface area contributed by atoms with E-state index in [1.807, 2.05) is 62.4 Å². The highest BCUT2D eigenvalue weighted by molar-refractivity contribution is 8.82. The van der Waals surface area contributed by atoms with Gasteiger partial charge in [-0.25, -0.2) is 0 Å². The summed E-state index contributed by atoms with van der Waals surface area (Å²) in [4.78, 5) is 26.0. The van der Waals surface area contributed by atoms with Crippen molar-refractivity contribution in [1.82, 2.24) is 0 Å². The fraction of sp³-hybridized carbons (Fsp3) is 0.300. The first kappa shape index (κ1) is 21.5. The van der Waals surface area contributed by atoms with Crippen LogP contribution in [0.2, 0.25) is 0 Å². The minimum atomic E-state index is 0.171. The number of unbranched alkanes of at least 4 members (excludes halogenated alkanes) is 1. The first-order chi connectivity index (χ1) is 12.5. The molecule has 2 nitrogen and oxygen atoms in total. The lowest BCUT2D eigenvalue weighted by Crippen LogP contribution is -1.93. The van der Waals surface area contributed by atoms with Crippen LogP contribution in [0.3, 0.4) is 0 Å². The molecule has 2 rings (SSSR count). The Balaban J connectivity index is 1.54. The highest BCUT2D eigenvalue weighted by Gasteiger charge is 2.08. The molecular formula is C20H22O2S4. The van der Waals surface area contributed by atoms with Crippen LogP contribution >= 0.6 is 43.2 Å². The third kappa shape index (κ3) is 8.71. The Kier molecular flexibility index (Phi) is 9.75. The second kappa shape index (κ2) is 11.8. The number of hydrogen-bond acceptors (Lipinski definition) is 6. The predicted molar refractivity (Wildman–Crippen MR) is 118 cm³/mol. The Hall–Kier alpha value is -0.820. The molecule has 2 aromatic rings. The van der Waals surface area contributed by atoms with E-state index in [1.165, 1.54) is 54.3 Å². The van der Waals surface area contributed by atoms with Gasteiger partial charge in [-0.1, -0.05) is 35.4 Å². The third-order valence-corrected chi connectivity index (χ3v) is 8.16. The van der Waals surface area contributed by atoms with Gasteiger partial charge < -0.3 is 0 Å². The van der Waals surface area contributed by atoms with Crippen LogP contribution in [-0.2, 0) is 9.59 Å². The molecule has 138 valence electrons. The summed E-state index contributed by atoms with van der Waals surface area (Å²) in [6, 6.07) is 16.3. The molecule has 0 atom stereocenters. The van der Waals surface area contributed by atoms with Crippen molar-refractivity contribution >= 4 is 53.4 Å². The van der Waals surface area contributed by atoms with Crippen molar-refractivity contribution in [1.29, 1.82) is 0 Å². The van der Waals surface area contributed by atoms with Crippen LogP contribution in [0, 0.1) is 13.8 Å². The SMILES string of the molecule is Cc1ccc(SSC(=O)CCCCC(=O)SSc2ccc(C)cc2)cc1. The molecule has 0 heterocycles. The molecule has 26 heavy (non-hydrogen) atoms. The van der Waals surface area contributed by atoms with E-state index in [4.69, 9.17) is 0 Å². The largest absolute Gasteiger partial charge is 0.286 e. The Bertz CT molecular complexity index is 648. The number of benzene rings is 2. The van der Waals surface area contributed by atoms with E-state index >= 15 is 0 Å². The summed E-state index contributed by atoms with van der Waals surface area (Å²) >= 11 is 0. The van der Waals surface area contributed by atoms with Gasteiger partial charge in [0.15, 0.2) is 10.2 Å². The maximum atomic E-state index is 11.9. The molecule has 0 fully saturated rings. The quantitative estimate of drug-likeness (QED) is 0.317. The van der Waals surface area contributed by atoms with E-state index in [0.29, 0.717) is 12.8 Å². The summed E-state index contributed by atoms with van der Waals surface area (Å²) in [6.07, 6.45) is 2.57. The molecule has 0 aliphatic carbocycles. The fourth-order valence-corrected chi connectivity index (χ4v) is 5.63. The van der Waals surface area contributed by atoms with E-state index in [-0.39, 0.29) is 10.2 Å². The van der Waals surface area contributed by atoms with E-state index in [2.05, 4.69) is 0 Å². The molecule has 6 heteroatoms. The van der Waals surface area contributed by atoms with E-state index < -0.39 is 0 Å². The molecule has 0 aliphatic heterocycles.